The zero-order valence-electron chi connectivity index (χ0n) is 72.5. The van der Waals surface area contributed by atoms with Gasteiger partial charge in [-0.2, -0.15) is 0 Å². The number of aromatic nitrogens is 10. The SMILES string of the molecule is Cc1cc(F)cc(C)c1Oc1ccc(C(C)(C)O)cc1-c1cn(C)c(=O)c2[nH]c(C(=O)Nc3ccc(OCCOCCOCCOCCOCCOCCOCCOCCOCCNC(=O)CCNC(=O)c4nc(NC(=O)CCNC(=O)c5cc(NC(=O)c6nc(NC(=O)CCNC(=O)c7cc(NC(=O)c8nccn8C)cn7C)cn6C)cn5C)cn4C)cc3)cc12. The third kappa shape index (κ3) is 28.9. The number of H-pyrrole nitrogens is 1. The highest BCUT2D eigenvalue weighted by molar-refractivity contribution is 6.09. The molecule has 0 saturated heterocycles. The van der Waals surface area contributed by atoms with Gasteiger partial charge in [-0.15, -0.1) is 0 Å². The number of hydrogen-bond donors (Lipinski definition) is 11. The summed E-state index contributed by atoms with van der Waals surface area (Å²) in [6.45, 7) is 13.0. The van der Waals surface area contributed by atoms with Crippen LogP contribution in [-0.2, 0) is 100 Å². The molecule has 3 aromatic carbocycles. The molecule has 0 saturated carbocycles. The second-order valence-corrected chi connectivity index (χ2v) is 29.7. The number of halogens is 1. The van der Waals surface area contributed by atoms with Crippen LogP contribution in [0.5, 0.6) is 17.2 Å². The Balaban J connectivity index is 0.475. The van der Waals surface area contributed by atoms with Crippen molar-refractivity contribution in [1.29, 1.82) is 0 Å². The molecule has 0 aliphatic heterocycles. The van der Waals surface area contributed by atoms with Crippen molar-refractivity contribution in [3.05, 3.63) is 184 Å². The molecule has 0 unspecified atom stereocenters. The summed E-state index contributed by atoms with van der Waals surface area (Å²) in [4.78, 5) is 146. The lowest BCUT2D eigenvalue weighted by Gasteiger charge is -2.22. The number of ether oxygens (including phenoxy) is 10. The fourth-order valence-corrected chi connectivity index (χ4v) is 12.8. The van der Waals surface area contributed by atoms with E-state index in [4.69, 9.17) is 47.4 Å². The molecule has 9 amide bonds. The number of fused-ring (bicyclic) bond motifs is 1. The molecule has 680 valence electrons. The summed E-state index contributed by atoms with van der Waals surface area (Å²) in [6, 6.07) is 19.4. The largest absolute Gasteiger partial charge is 0.491 e. The van der Waals surface area contributed by atoms with E-state index in [0.717, 1.165) is 0 Å². The lowest BCUT2D eigenvalue weighted by Crippen LogP contribution is -2.33. The molecule has 0 aliphatic rings. The van der Waals surface area contributed by atoms with Gasteiger partial charge in [-0.25, -0.2) is 19.3 Å². The monoisotopic (exact) mass is 1760 g/mol. The van der Waals surface area contributed by atoms with E-state index >= 15 is 0 Å². The minimum Gasteiger partial charge on any atom is -0.491 e. The molecule has 0 bridgehead atoms. The molecule has 0 spiro atoms. The molecule has 127 heavy (non-hydrogen) atoms. The number of aromatic amines is 1. The molecular formula is C86H108FN19O21. The van der Waals surface area contributed by atoms with Crippen LogP contribution in [0.15, 0.2) is 121 Å². The third-order valence-corrected chi connectivity index (χ3v) is 19.2. The van der Waals surface area contributed by atoms with Gasteiger partial charge in [-0.1, -0.05) is 6.07 Å². The van der Waals surface area contributed by atoms with Gasteiger partial charge in [0.15, 0.2) is 17.5 Å². The number of imidazole rings is 3. The number of carbonyl (C=O) groups excluding carboxylic acids is 9. The molecule has 40 nitrogen and oxygen atoms in total. The number of aliphatic hydroxyl groups is 1. The van der Waals surface area contributed by atoms with E-state index in [0.29, 0.717) is 161 Å². The van der Waals surface area contributed by atoms with Crippen molar-refractivity contribution in [1.82, 2.24) is 68.6 Å². The van der Waals surface area contributed by atoms with Crippen LogP contribution in [0.3, 0.4) is 0 Å². The second kappa shape index (κ2) is 47.2. The van der Waals surface area contributed by atoms with E-state index < -0.39 is 52.9 Å². The average molecular weight is 1760 g/mol. The van der Waals surface area contributed by atoms with Crippen LogP contribution < -0.4 is 62.9 Å². The standard InChI is InChI=1S/C86H108FN19O21/c1-54-43-57(87)44-55(2)75(54)127-68-16-11-56(86(3,4)117)45-62(68)64-51-106(10)85(116)74-63(64)48-65(96-74)79(110)93-58-12-14-61(15-13-58)126-42-41-125-40-39-124-38-37-123-36-35-122-34-33-121-32-31-120-30-29-119-28-27-118-26-24-88-71(107)17-20-92-82(113)77-99-69(52-104(77)8)97-72(108)18-21-91-81(112)67-47-60(50-103(67)7)95-84(115)78-100-70(53-105(78)9)98-73(109)19-22-90-80(111)66-46-59(49-102(66)6)94-83(114)76-89-23-25-101(76)5/h11-16,23,25,43-53,96,117H,17-22,24,26-42H2,1-10H3,(H,88,107)(H,90,111)(H,91,112)(H,92,113)(H,93,110)(H,94,114)(H,95,115)(H,97,108)(H,98,109). The number of hydrogen-bond acceptors (Lipinski definition) is 24. The Bertz CT molecular complexity index is 5500. The maximum atomic E-state index is 14.3. The van der Waals surface area contributed by atoms with Crippen molar-refractivity contribution in [3.8, 4) is 28.4 Å². The van der Waals surface area contributed by atoms with Gasteiger partial charge in [0.2, 0.25) is 29.4 Å². The zero-order chi connectivity index (χ0) is 91.1. The molecule has 0 fully saturated rings. The summed E-state index contributed by atoms with van der Waals surface area (Å²) in [6.07, 6.45) is 10.4. The number of aryl methyl sites for hydroxylation is 8. The minimum atomic E-state index is -1.23. The Morgan fingerprint density at radius 1 is 0.441 bits per heavy atom. The van der Waals surface area contributed by atoms with Gasteiger partial charge in [-0.3, -0.25) is 47.9 Å². The first-order chi connectivity index (χ1) is 61.0. The topological polar surface area (TPSA) is 476 Å². The predicted molar refractivity (Wildman–Crippen MR) is 464 cm³/mol. The number of nitrogens with one attached hydrogen (secondary N) is 10. The molecule has 41 heteroatoms. The first kappa shape index (κ1) is 96.0. The van der Waals surface area contributed by atoms with Crippen LogP contribution >= 0.6 is 0 Å². The summed E-state index contributed by atoms with van der Waals surface area (Å²) >= 11 is 0. The highest BCUT2D eigenvalue weighted by Crippen LogP contribution is 2.41. The molecule has 10 rings (SSSR count). The van der Waals surface area contributed by atoms with Gasteiger partial charge in [0, 0.05) is 153 Å². The van der Waals surface area contributed by atoms with Gasteiger partial charge < -0.3 is 133 Å². The van der Waals surface area contributed by atoms with Crippen molar-refractivity contribution in [2.45, 2.75) is 52.6 Å². The molecule has 0 radical (unpaired) electrons. The van der Waals surface area contributed by atoms with E-state index in [1.165, 1.54) is 71.9 Å². The van der Waals surface area contributed by atoms with E-state index in [9.17, 15) is 57.4 Å². The average Bonchev–Trinajstić information content (AvgIpc) is 1.73. The molecule has 10 aromatic rings. The quantitative estimate of drug-likeness (QED) is 0.0197. The number of nitrogens with zero attached hydrogens (tertiary/aromatic N) is 9. The number of anilines is 5. The van der Waals surface area contributed by atoms with Crippen molar-refractivity contribution in [3.63, 3.8) is 0 Å². The highest BCUT2D eigenvalue weighted by atomic mass is 19.1. The first-order valence-corrected chi connectivity index (χ1v) is 40.9. The number of pyridine rings is 1. The van der Waals surface area contributed by atoms with Crippen LogP contribution in [0.2, 0.25) is 0 Å². The van der Waals surface area contributed by atoms with Crippen LogP contribution in [0, 0.1) is 19.7 Å². The summed E-state index contributed by atoms with van der Waals surface area (Å²) < 4.78 is 79.8. The third-order valence-electron chi connectivity index (χ3n) is 19.2. The van der Waals surface area contributed by atoms with E-state index in [1.54, 1.807) is 142 Å². The fourth-order valence-electron chi connectivity index (χ4n) is 12.8. The second-order valence-electron chi connectivity index (χ2n) is 29.7. The molecule has 7 heterocycles. The number of benzene rings is 3. The Kier molecular flexibility index (Phi) is 35.6. The maximum absolute atomic E-state index is 14.3. The van der Waals surface area contributed by atoms with Gasteiger partial charge in [0.25, 0.3) is 41.0 Å². The Morgan fingerprint density at radius 2 is 0.898 bits per heavy atom. The van der Waals surface area contributed by atoms with Gasteiger partial charge in [-0.05, 0) is 111 Å². The Labute approximate surface area is 730 Å². The normalized spacial score (nSPS) is 11.4. The van der Waals surface area contributed by atoms with Gasteiger partial charge in [0.05, 0.1) is 123 Å². The van der Waals surface area contributed by atoms with E-state index in [2.05, 4.69) is 67.8 Å². The van der Waals surface area contributed by atoms with Crippen LogP contribution in [0.25, 0.3) is 22.0 Å². The number of carbonyl (C=O) groups is 9. The number of rotatable bonds is 52. The minimum absolute atomic E-state index is 0.0116. The van der Waals surface area contributed by atoms with Gasteiger partial charge in [0.1, 0.15) is 52.3 Å². The smallest absolute Gasteiger partial charge is 0.291 e. The molecule has 0 aliphatic carbocycles. The van der Waals surface area contributed by atoms with Gasteiger partial charge >= 0.3 is 0 Å². The van der Waals surface area contributed by atoms with Crippen molar-refractivity contribution in [2.24, 2.45) is 42.3 Å². The van der Waals surface area contributed by atoms with Crippen molar-refractivity contribution < 1.29 is 100 Å². The van der Waals surface area contributed by atoms with Crippen molar-refractivity contribution >= 4 is 92.8 Å². The summed E-state index contributed by atoms with van der Waals surface area (Å²) in [7, 11) is 9.63. The summed E-state index contributed by atoms with van der Waals surface area (Å²) in [5.41, 5.74) is 3.13. The van der Waals surface area contributed by atoms with E-state index in [-0.39, 0.29) is 133 Å². The van der Waals surface area contributed by atoms with Crippen molar-refractivity contribution in [2.75, 3.05) is 165 Å². The molecule has 11 N–H and O–H groups in total. The molecular weight excluding hydrogens is 1650 g/mol. The molecule has 0 atom stereocenters. The molecule has 7 aromatic heterocycles. The Morgan fingerprint density at radius 3 is 1.39 bits per heavy atom. The first-order valence-electron chi connectivity index (χ1n) is 40.9. The van der Waals surface area contributed by atoms with E-state index in [1.807, 2.05) is 0 Å². The van der Waals surface area contributed by atoms with Crippen LogP contribution in [0.1, 0.15) is 113 Å². The predicted octanol–water partition coefficient (Wildman–Crippen LogP) is 5.91. The highest BCUT2D eigenvalue weighted by Gasteiger charge is 2.27. The Hall–Kier alpha value is -13.3. The number of amides is 9. The van der Waals surface area contributed by atoms with Crippen LogP contribution in [-0.4, -0.2) is 244 Å². The van der Waals surface area contributed by atoms with Crippen LogP contribution in [0.4, 0.5) is 33.1 Å². The lowest BCUT2D eigenvalue weighted by atomic mass is 9.93. The lowest BCUT2D eigenvalue weighted by molar-refractivity contribution is -0.121. The zero-order valence-corrected chi connectivity index (χ0v) is 72.5. The maximum Gasteiger partial charge on any atom is 0.291 e. The summed E-state index contributed by atoms with van der Waals surface area (Å²) in [5, 5.41) is 35.6. The summed E-state index contributed by atoms with van der Waals surface area (Å²) in [5.74, 6) is -3.15. The fraction of sp³-hybridized carbons (Fsp3) is 0.407.